The first kappa shape index (κ1) is 12.7. The van der Waals surface area contributed by atoms with Gasteiger partial charge in [0.05, 0.1) is 13.1 Å². The number of hydrogen-bond donors (Lipinski definition) is 1. The Labute approximate surface area is 104 Å². The van der Waals surface area contributed by atoms with E-state index in [0.29, 0.717) is 6.54 Å². The molecule has 1 aliphatic rings. The van der Waals surface area contributed by atoms with Crippen LogP contribution in [0.4, 0.5) is 0 Å². The highest BCUT2D eigenvalue weighted by molar-refractivity contribution is 5.19. The van der Waals surface area contributed by atoms with E-state index in [9.17, 15) is 0 Å². The second-order valence-corrected chi connectivity index (χ2v) is 5.15. The van der Waals surface area contributed by atoms with Crippen LogP contribution in [0.1, 0.15) is 43.3 Å². The number of piperidine rings is 1. The van der Waals surface area contributed by atoms with Gasteiger partial charge < -0.3 is 10.2 Å². The molecule has 17 heavy (non-hydrogen) atoms. The molecule has 0 saturated carbocycles. The lowest BCUT2D eigenvalue weighted by Crippen LogP contribution is -2.32. The summed E-state index contributed by atoms with van der Waals surface area (Å²) in [5.41, 5.74) is 6.81. The topological polar surface area (TPSA) is 42.4 Å². The highest BCUT2D eigenvalue weighted by atomic mass is 16.3. The Balaban J connectivity index is 1.88. The van der Waals surface area contributed by atoms with Crippen molar-refractivity contribution in [1.82, 2.24) is 4.90 Å². The number of rotatable bonds is 4. The molecular formula is C14H24N2O. The molecule has 0 aliphatic carbocycles. The van der Waals surface area contributed by atoms with Crippen molar-refractivity contribution in [2.75, 3.05) is 13.1 Å². The molecule has 3 heteroatoms. The van der Waals surface area contributed by atoms with Crippen molar-refractivity contribution < 1.29 is 4.42 Å². The van der Waals surface area contributed by atoms with Gasteiger partial charge in [-0.25, -0.2) is 0 Å². The zero-order valence-corrected chi connectivity index (χ0v) is 11.0. The van der Waals surface area contributed by atoms with Crippen molar-refractivity contribution in [2.45, 2.75) is 46.2 Å². The molecule has 1 aromatic heterocycles. The predicted molar refractivity (Wildman–Crippen MR) is 69.6 cm³/mol. The van der Waals surface area contributed by atoms with Crippen molar-refractivity contribution in [1.29, 1.82) is 0 Å². The molecule has 0 unspecified atom stereocenters. The quantitative estimate of drug-likeness (QED) is 0.874. The summed E-state index contributed by atoms with van der Waals surface area (Å²) >= 11 is 0. The number of nitrogens with zero attached hydrogens (tertiary/aromatic N) is 1. The van der Waals surface area contributed by atoms with Gasteiger partial charge in [-0.1, -0.05) is 13.3 Å². The fraction of sp³-hybridized carbons (Fsp3) is 0.714. The molecular weight excluding hydrogens is 212 g/mol. The van der Waals surface area contributed by atoms with Crippen molar-refractivity contribution >= 4 is 0 Å². The zero-order chi connectivity index (χ0) is 12.3. The Bertz CT molecular complexity index is 351. The van der Waals surface area contributed by atoms with Crippen molar-refractivity contribution in [2.24, 2.45) is 11.7 Å². The van der Waals surface area contributed by atoms with Crippen LogP contribution in [0.3, 0.4) is 0 Å². The summed E-state index contributed by atoms with van der Waals surface area (Å²) in [5, 5.41) is 0. The molecule has 2 heterocycles. The average molecular weight is 236 g/mol. The summed E-state index contributed by atoms with van der Waals surface area (Å²) in [5.74, 6) is 2.94. The van der Waals surface area contributed by atoms with Gasteiger partial charge in [0.2, 0.25) is 0 Å². The van der Waals surface area contributed by atoms with Crippen molar-refractivity contribution in [3.63, 3.8) is 0 Å². The van der Waals surface area contributed by atoms with Gasteiger partial charge in [-0.3, -0.25) is 4.90 Å². The Kier molecular flexibility index (Phi) is 4.24. The van der Waals surface area contributed by atoms with Gasteiger partial charge in [0.15, 0.2) is 0 Å². The number of furan rings is 1. The Morgan fingerprint density at radius 1 is 1.41 bits per heavy atom. The molecule has 1 saturated heterocycles. The van der Waals surface area contributed by atoms with E-state index in [2.05, 4.69) is 24.8 Å². The third-order valence-corrected chi connectivity index (χ3v) is 3.92. The van der Waals surface area contributed by atoms with E-state index in [-0.39, 0.29) is 0 Å². The lowest BCUT2D eigenvalue weighted by molar-refractivity contribution is 0.163. The fourth-order valence-corrected chi connectivity index (χ4v) is 2.64. The largest absolute Gasteiger partial charge is 0.463 e. The Hall–Kier alpha value is -0.800. The number of hydrogen-bond acceptors (Lipinski definition) is 3. The monoisotopic (exact) mass is 236 g/mol. The molecule has 0 atom stereocenters. The second-order valence-electron chi connectivity index (χ2n) is 5.15. The molecule has 0 aromatic carbocycles. The Morgan fingerprint density at radius 3 is 2.65 bits per heavy atom. The minimum absolute atomic E-state index is 0.504. The normalized spacial score (nSPS) is 18.8. The van der Waals surface area contributed by atoms with Gasteiger partial charge in [0, 0.05) is 0 Å². The van der Waals surface area contributed by atoms with E-state index in [1.165, 1.54) is 37.9 Å². The van der Waals surface area contributed by atoms with Crippen LogP contribution in [0.15, 0.2) is 10.5 Å². The van der Waals surface area contributed by atoms with Crippen molar-refractivity contribution in [3.8, 4) is 0 Å². The third kappa shape index (κ3) is 3.11. The van der Waals surface area contributed by atoms with Crippen LogP contribution in [0.5, 0.6) is 0 Å². The summed E-state index contributed by atoms with van der Waals surface area (Å²) in [6, 6.07) is 2.13. The molecule has 0 spiro atoms. The number of aryl methyl sites for hydroxylation is 1. The lowest BCUT2D eigenvalue weighted by atomic mass is 9.94. The molecule has 1 aliphatic heterocycles. The van der Waals surface area contributed by atoms with Crippen LogP contribution < -0.4 is 5.73 Å². The molecule has 3 nitrogen and oxygen atoms in total. The second kappa shape index (κ2) is 5.69. The zero-order valence-electron chi connectivity index (χ0n) is 11.0. The van der Waals surface area contributed by atoms with E-state index in [0.717, 1.165) is 24.0 Å². The van der Waals surface area contributed by atoms with Crippen LogP contribution in [-0.2, 0) is 13.1 Å². The molecule has 0 bridgehead atoms. The first-order valence-electron chi connectivity index (χ1n) is 6.73. The first-order valence-corrected chi connectivity index (χ1v) is 6.73. The molecule has 1 fully saturated rings. The van der Waals surface area contributed by atoms with Crippen LogP contribution in [0, 0.1) is 12.8 Å². The lowest BCUT2D eigenvalue weighted by Gasteiger charge is -2.30. The van der Waals surface area contributed by atoms with E-state index in [1.54, 1.807) is 0 Å². The van der Waals surface area contributed by atoms with Crippen LogP contribution >= 0.6 is 0 Å². The van der Waals surface area contributed by atoms with Crippen LogP contribution in [0.2, 0.25) is 0 Å². The predicted octanol–water partition coefficient (Wildman–Crippen LogP) is 2.67. The van der Waals surface area contributed by atoms with Gasteiger partial charge in [0.1, 0.15) is 11.5 Å². The summed E-state index contributed by atoms with van der Waals surface area (Å²) < 4.78 is 5.75. The molecule has 2 rings (SSSR count). The first-order chi connectivity index (χ1) is 8.22. The summed E-state index contributed by atoms with van der Waals surface area (Å²) in [4.78, 5) is 2.49. The minimum Gasteiger partial charge on any atom is -0.463 e. The van der Waals surface area contributed by atoms with Crippen LogP contribution in [-0.4, -0.2) is 18.0 Å². The van der Waals surface area contributed by atoms with Crippen LogP contribution in [0.25, 0.3) is 0 Å². The molecule has 96 valence electrons. The number of nitrogens with two attached hydrogens (primary N) is 1. The summed E-state index contributed by atoms with van der Waals surface area (Å²) in [6.45, 7) is 8.22. The molecule has 1 aromatic rings. The average Bonchev–Trinajstić information content (AvgIpc) is 2.70. The molecule has 0 amide bonds. The van der Waals surface area contributed by atoms with E-state index >= 15 is 0 Å². The highest BCUT2D eigenvalue weighted by Crippen LogP contribution is 2.22. The van der Waals surface area contributed by atoms with E-state index < -0.39 is 0 Å². The maximum Gasteiger partial charge on any atom is 0.120 e. The van der Waals surface area contributed by atoms with Gasteiger partial charge >= 0.3 is 0 Å². The standard InChI is InChI=1S/C14H24N2O/c1-3-12-4-6-16(7-5-12)10-13-8-11(2)14(9-15)17-13/h8,12H,3-7,9-10,15H2,1-2H3. The maximum absolute atomic E-state index is 5.75. The Morgan fingerprint density at radius 2 is 2.12 bits per heavy atom. The number of likely N-dealkylation sites (tertiary alicyclic amines) is 1. The highest BCUT2D eigenvalue weighted by Gasteiger charge is 2.19. The minimum atomic E-state index is 0.504. The maximum atomic E-state index is 5.75. The summed E-state index contributed by atoms with van der Waals surface area (Å²) in [7, 11) is 0. The van der Waals surface area contributed by atoms with Crippen molar-refractivity contribution in [3.05, 3.63) is 23.2 Å². The molecule has 0 radical (unpaired) electrons. The summed E-state index contributed by atoms with van der Waals surface area (Å²) in [6.07, 6.45) is 3.99. The fourth-order valence-electron chi connectivity index (χ4n) is 2.64. The van der Waals surface area contributed by atoms with Gasteiger partial charge in [-0.2, -0.15) is 0 Å². The van der Waals surface area contributed by atoms with Gasteiger partial charge in [-0.15, -0.1) is 0 Å². The van der Waals surface area contributed by atoms with Gasteiger partial charge in [-0.05, 0) is 50.4 Å². The third-order valence-electron chi connectivity index (χ3n) is 3.92. The van der Waals surface area contributed by atoms with E-state index in [4.69, 9.17) is 10.2 Å². The molecule has 2 N–H and O–H groups in total. The smallest absolute Gasteiger partial charge is 0.120 e. The van der Waals surface area contributed by atoms with Gasteiger partial charge in [0.25, 0.3) is 0 Å². The SMILES string of the molecule is CCC1CCN(Cc2cc(C)c(CN)o2)CC1. The van der Waals surface area contributed by atoms with E-state index in [1.807, 2.05) is 0 Å².